The molecule has 0 bridgehead atoms. The van der Waals surface area contributed by atoms with Gasteiger partial charge in [0.2, 0.25) is 0 Å². The Kier molecular flexibility index (Phi) is 3.78. The SMILES string of the molecule is Cc1cc(C)c(C(O)C2CC(C)CC2C(=O)O)s1. The molecular formula is C14H20O3S. The van der Waals surface area contributed by atoms with Crippen LogP contribution in [0.4, 0.5) is 0 Å². The zero-order chi connectivity index (χ0) is 13.4. The molecular weight excluding hydrogens is 248 g/mol. The van der Waals surface area contributed by atoms with E-state index in [4.69, 9.17) is 0 Å². The van der Waals surface area contributed by atoms with Gasteiger partial charge in [0.25, 0.3) is 0 Å². The fourth-order valence-corrected chi connectivity index (χ4v) is 4.21. The van der Waals surface area contributed by atoms with E-state index in [9.17, 15) is 15.0 Å². The van der Waals surface area contributed by atoms with Gasteiger partial charge in [0.05, 0.1) is 12.0 Å². The van der Waals surface area contributed by atoms with Crippen LogP contribution < -0.4 is 0 Å². The number of hydrogen-bond donors (Lipinski definition) is 2. The van der Waals surface area contributed by atoms with Crippen molar-refractivity contribution >= 4 is 17.3 Å². The summed E-state index contributed by atoms with van der Waals surface area (Å²) in [6, 6.07) is 2.05. The van der Waals surface area contributed by atoms with Gasteiger partial charge in [-0.15, -0.1) is 11.3 Å². The Morgan fingerprint density at radius 2 is 2.11 bits per heavy atom. The Bertz CT molecular complexity index is 452. The van der Waals surface area contributed by atoms with Crippen LogP contribution in [-0.4, -0.2) is 16.2 Å². The highest BCUT2D eigenvalue weighted by Crippen LogP contribution is 2.45. The average Bonchev–Trinajstić information content (AvgIpc) is 2.81. The Hall–Kier alpha value is -0.870. The van der Waals surface area contributed by atoms with Crippen LogP contribution in [0.25, 0.3) is 0 Å². The van der Waals surface area contributed by atoms with Crippen molar-refractivity contribution in [3.63, 3.8) is 0 Å². The molecule has 18 heavy (non-hydrogen) atoms. The first kappa shape index (κ1) is 13.6. The van der Waals surface area contributed by atoms with Gasteiger partial charge in [-0.25, -0.2) is 0 Å². The van der Waals surface area contributed by atoms with Crippen LogP contribution in [0.3, 0.4) is 0 Å². The molecule has 0 amide bonds. The zero-order valence-electron chi connectivity index (χ0n) is 11.0. The first-order valence-corrected chi connectivity index (χ1v) is 7.19. The highest BCUT2D eigenvalue weighted by atomic mass is 32.1. The fourth-order valence-electron chi connectivity index (χ4n) is 3.11. The van der Waals surface area contributed by atoms with Gasteiger partial charge in [0.15, 0.2) is 0 Å². The smallest absolute Gasteiger partial charge is 0.306 e. The number of carboxylic acid groups (broad SMARTS) is 1. The Labute approximate surface area is 111 Å². The van der Waals surface area contributed by atoms with Crippen molar-refractivity contribution in [2.75, 3.05) is 0 Å². The number of rotatable bonds is 3. The first-order valence-electron chi connectivity index (χ1n) is 6.38. The Morgan fingerprint density at radius 3 is 2.61 bits per heavy atom. The van der Waals surface area contributed by atoms with E-state index in [-0.39, 0.29) is 5.92 Å². The summed E-state index contributed by atoms with van der Waals surface area (Å²) >= 11 is 1.58. The van der Waals surface area contributed by atoms with Crippen LogP contribution in [0, 0.1) is 31.6 Å². The predicted molar refractivity (Wildman–Crippen MR) is 71.8 cm³/mol. The van der Waals surface area contributed by atoms with Gasteiger partial charge in [-0.05, 0) is 44.2 Å². The average molecular weight is 268 g/mol. The van der Waals surface area contributed by atoms with E-state index in [0.717, 1.165) is 16.9 Å². The van der Waals surface area contributed by atoms with Crippen molar-refractivity contribution in [2.24, 2.45) is 17.8 Å². The summed E-state index contributed by atoms with van der Waals surface area (Å²) in [4.78, 5) is 13.4. The van der Waals surface area contributed by atoms with E-state index in [2.05, 4.69) is 13.0 Å². The molecule has 0 spiro atoms. The molecule has 4 unspecified atom stereocenters. The number of aryl methyl sites for hydroxylation is 2. The topological polar surface area (TPSA) is 57.5 Å². The number of thiophene rings is 1. The molecule has 3 nitrogen and oxygen atoms in total. The number of carboxylic acids is 1. The maximum absolute atomic E-state index is 11.3. The summed E-state index contributed by atoms with van der Waals surface area (Å²) < 4.78 is 0. The van der Waals surface area contributed by atoms with Gasteiger partial charge in [0.1, 0.15) is 0 Å². The second-order valence-electron chi connectivity index (χ2n) is 5.53. The summed E-state index contributed by atoms with van der Waals surface area (Å²) in [7, 11) is 0. The van der Waals surface area contributed by atoms with Gasteiger partial charge in [0, 0.05) is 15.7 Å². The Balaban J connectivity index is 2.24. The molecule has 0 radical (unpaired) electrons. The maximum Gasteiger partial charge on any atom is 0.306 e. The van der Waals surface area contributed by atoms with Gasteiger partial charge >= 0.3 is 5.97 Å². The second-order valence-corrected chi connectivity index (χ2v) is 6.82. The van der Waals surface area contributed by atoms with Gasteiger partial charge in [-0.1, -0.05) is 6.92 Å². The van der Waals surface area contributed by atoms with Gasteiger partial charge < -0.3 is 10.2 Å². The molecule has 1 aliphatic carbocycles. The van der Waals surface area contributed by atoms with E-state index in [1.165, 1.54) is 4.88 Å². The van der Waals surface area contributed by atoms with Crippen LogP contribution in [0.1, 0.15) is 41.2 Å². The van der Waals surface area contributed by atoms with Crippen molar-refractivity contribution in [1.29, 1.82) is 0 Å². The summed E-state index contributed by atoms with van der Waals surface area (Å²) in [5.41, 5.74) is 1.08. The molecule has 1 fully saturated rings. The minimum Gasteiger partial charge on any atom is -0.481 e. The van der Waals surface area contributed by atoms with Gasteiger partial charge in [-0.2, -0.15) is 0 Å². The highest BCUT2D eigenvalue weighted by molar-refractivity contribution is 7.12. The van der Waals surface area contributed by atoms with Crippen molar-refractivity contribution < 1.29 is 15.0 Å². The quantitative estimate of drug-likeness (QED) is 0.885. The molecule has 100 valence electrons. The third-order valence-corrected chi connectivity index (χ3v) is 5.14. The molecule has 4 atom stereocenters. The van der Waals surface area contributed by atoms with Crippen molar-refractivity contribution in [1.82, 2.24) is 0 Å². The third-order valence-electron chi connectivity index (χ3n) is 3.92. The highest BCUT2D eigenvalue weighted by Gasteiger charge is 2.41. The summed E-state index contributed by atoms with van der Waals surface area (Å²) in [6.07, 6.45) is 0.851. The van der Waals surface area contributed by atoms with Crippen molar-refractivity contribution in [2.45, 2.75) is 39.7 Å². The monoisotopic (exact) mass is 268 g/mol. The molecule has 1 aliphatic rings. The number of carbonyl (C=O) groups is 1. The molecule has 2 rings (SSSR count). The van der Waals surface area contributed by atoms with E-state index < -0.39 is 18.0 Å². The zero-order valence-corrected chi connectivity index (χ0v) is 11.8. The van der Waals surface area contributed by atoms with E-state index >= 15 is 0 Å². The van der Waals surface area contributed by atoms with Crippen LogP contribution in [0.5, 0.6) is 0 Å². The standard InChI is InChI=1S/C14H20O3S/c1-7-4-10(11(5-7)14(16)17)12(15)13-8(2)6-9(3)18-13/h6-7,10-12,15H,4-5H2,1-3H3,(H,16,17). The van der Waals surface area contributed by atoms with E-state index in [1.54, 1.807) is 11.3 Å². The molecule has 4 heteroatoms. The summed E-state index contributed by atoms with van der Waals surface area (Å²) in [5.74, 6) is -0.937. The van der Waals surface area contributed by atoms with Crippen molar-refractivity contribution in [3.05, 3.63) is 21.4 Å². The number of aliphatic hydroxyl groups excluding tert-OH is 1. The minimum atomic E-state index is -0.769. The number of aliphatic carboxylic acids is 1. The lowest BCUT2D eigenvalue weighted by Crippen LogP contribution is -2.23. The van der Waals surface area contributed by atoms with Crippen LogP contribution in [0.2, 0.25) is 0 Å². The summed E-state index contributed by atoms with van der Waals surface area (Å²) in [6.45, 7) is 6.06. The van der Waals surface area contributed by atoms with E-state index in [0.29, 0.717) is 12.3 Å². The maximum atomic E-state index is 11.3. The predicted octanol–water partition coefficient (Wildman–Crippen LogP) is 3.15. The van der Waals surface area contributed by atoms with Crippen LogP contribution >= 0.6 is 11.3 Å². The van der Waals surface area contributed by atoms with E-state index in [1.807, 2.05) is 13.8 Å². The lowest BCUT2D eigenvalue weighted by molar-refractivity contribution is -0.144. The molecule has 1 saturated carbocycles. The van der Waals surface area contributed by atoms with Crippen molar-refractivity contribution in [3.8, 4) is 0 Å². The van der Waals surface area contributed by atoms with Crippen LogP contribution in [-0.2, 0) is 4.79 Å². The molecule has 0 aliphatic heterocycles. The molecule has 1 heterocycles. The molecule has 2 N–H and O–H groups in total. The largest absolute Gasteiger partial charge is 0.481 e. The molecule has 1 aromatic rings. The molecule has 1 aromatic heterocycles. The lowest BCUT2D eigenvalue weighted by atomic mass is 9.89. The molecule has 0 saturated heterocycles. The van der Waals surface area contributed by atoms with Gasteiger partial charge in [-0.3, -0.25) is 4.79 Å². The summed E-state index contributed by atoms with van der Waals surface area (Å²) in [5, 5.41) is 19.8. The molecule has 0 aromatic carbocycles. The normalized spacial score (nSPS) is 29.4. The number of aliphatic hydroxyl groups is 1. The minimum absolute atomic E-state index is 0.144. The van der Waals surface area contributed by atoms with Crippen LogP contribution in [0.15, 0.2) is 6.07 Å². The first-order chi connectivity index (χ1) is 8.40. The third kappa shape index (κ3) is 2.45. The fraction of sp³-hybridized carbons (Fsp3) is 0.643. The lowest BCUT2D eigenvalue weighted by Gasteiger charge is -2.22. The number of hydrogen-bond acceptors (Lipinski definition) is 3. The second kappa shape index (κ2) is 5.02. The Morgan fingerprint density at radius 1 is 1.44 bits per heavy atom.